The van der Waals surface area contributed by atoms with Crippen LogP contribution in [0.3, 0.4) is 0 Å². The summed E-state index contributed by atoms with van der Waals surface area (Å²) in [5.74, 6) is -0.0745. The molecule has 0 saturated carbocycles. The van der Waals surface area contributed by atoms with E-state index in [-0.39, 0.29) is 17.9 Å². The number of aromatic nitrogens is 1. The van der Waals surface area contributed by atoms with Crippen LogP contribution in [0.25, 0.3) is 11.3 Å². The van der Waals surface area contributed by atoms with E-state index in [2.05, 4.69) is 42.3 Å². The number of carbonyl (C=O) groups excluding carboxylic acids is 1. The summed E-state index contributed by atoms with van der Waals surface area (Å²) >= 11 is 1.43. The number of nitrogens with zero attached hydrogens (tertiary/aromatic N) is 1. The maximum atomic E-state index is 12.7. The van der Waals surface area contributed by atoms with Gasteiger partial charge in [-0.25, -0.2) is 4.98 Å². The molecular weight excluding hydrogens is 360 g/mol. The minimum Gasteiger partial charge on any atom is -0.376 e. The fourth-order valence-electron chi connectivity index (χ4n) is 3.10. The van der Waals surface area contributed by atoms with Crippen LogP contribution in [0.1, 0.15) is 37.8 Å². The van der Waals surface area contributed by atoms with Crippen LogP contribution in [-0.2, 0) is 14.3 Å². The molecule has 1 saturated heterocycles. The highest BCUT2D eigenvalue weighted by atomic mass is 32.1. The SMILES string of the molecule is Cc1ccc(-c2csc(NC(=O)[C@@H](OC[C@@H]3CCCO3)C(C)C)n2)cc1C. The molecule has 3 rings (SSSR count). The molecule has 1 aliphatic heterocycles. The lowest BCUT2D eigenvalue weighted by atomic mass is 10.1. The molecule has 0 aliphatic carbocycles. The molecule has 1 N–H and O–H groups in total. The zero-order chi connectivity index (χ0) is 19.4. The van der Waals surface area contributed by atoms with Crippen molar-refractivity contribution in [2.75, 3.05) is 18.5 Å². The summed E-state index contributed by atoms with van der Waals surface area (Å²) in [6.07, 6.45) is 1.66. The average Bonchev–Trinajstić information content (AvgIpc) is 3.29. The van der Waals surface area contributed by atoms with Gasteiger partial charge in [0.2, 0.25) is 0 Å². The molecule has 0 unspecified atom stereocenters. The van der Waals surface area contributed by atoms with Crippen LogP contribution in [0.4, 0.5) is 5.13 Å². The van der Waals surface area contributed by atoms with Gasteiger partial charge in [0.1, 0.15) is 6.10 Å². The molecule has 2 atom stereocenters. The number of amides is 1. The molecular formula is C21H28N2O3S. The Hall–Kier alpha value is -1.76. The average molecular weight is 389 g/mol. The lowest BCUT2D eigenvalue weighted by Crippen LogP contribution is -2.36. The number of carbonyl (C=O) groups is 1. The summed E-state index contributed by atoms with van der Waals surface area (Å²) in [5.41, 5.74) is 4.42. The standard InChI is InChI=1S/C21H28N2O3S/c1-13(2)19(26-11-17-6-5-9-25-17)20(24)23-21-22-18(12-27-21)16-8-7-14(3)15(4)10-16/h7-8,10,12-13,17,19H,5-6,9,11H2,1-4H3,(H,22,23,24)/t17-,19-/m0/s1. The van der Waals surface area contributed by atoms with Crippen molar-refractivity contribution in [3.63, 3.8) is 0 Å². The molecule has 1 fully saturated rings. The summed E-state index contributed by atoms with van der Waals surface area (Å²) in [5, 5.41) is 5.48. The Kier molecular flexibility index (Phi) is 6.63. The van der Waals surface area contributed by atoms with Crippen LogP contribution in [0.15, 0.2) is 23.6 Å². The number of benzene rings is 1. The lowest BCUT2D eigenvalue weighted by Gasteiger charge is -2.22. The largest absolute Gasteiger partial charge is 0.376 e. The molecule has 27 heavy (non-hydrogen) atoms. The van der Waals surface area contributed by atoms with Crippen molar-refractivity contribution in [1.29, 1.82) is 0 Å². The molecule has 1 aromatic carbocycles. The van der Waals surface area contributed by atoms with Crippen molar-refractivity contribution in [3.8, 4) is 11.3 Å². The van der Waals surface area contributed by atoms with Crippen molar-refractivity contribution in [1.82, 2.24) is 4.98 Å². The molecule has 0 radical (unpaired) electrons. The smallest absolute Gasteiger partial charge is 0.255 e. The van der Waals surface area contributed by atoms with Crippen molar-refractivity contribution < 1.29 is 14.3 Å². The van der Waals surface area contributed by atoms with Gasteiger partial charge in [0.05, 0.1) is 18.4 Å². The van der Waals surface area contributed by atoms with Crippen LogP contribution in [0.2, 0.25) is 0 Å². The van der Waals surface area contributed by atoms with Crippen molar-refractivity contribution in [2.45, 2.75) is 52.7 Å². The van der Waals surface area contributed by atoms with Crippen molar-refractivity contribution in [2.24, 2.45) is 5.92 Å². The van der Waals surface area contributed by atoms with Crippen LogP contribution >= 0.6 is 11.3 Å². The second kappa shape index (κ2) is 8.95. The van der Waals surface area contributed by atoms with E-state index in [4.69, 9.17) is 9.47 Å². The third-order valence-corrected chi connectivity index (χ3v) is 5.64. The summed E-state index contributed by atoms with van der Waals surface area (Å²) < 4.78 is 11.5. The zero-order valence-electron chi connectivity index (χ0n) is 16.5. The monoisotopic (exact) mass is 388 g/mol. The highest BCUT2D eigenvalue weighted by molar-refractivity contribution is 7.14. The van der Waals surface area contributed by atoms with E-state index in [1.54, 1.807) is 0 Å². The number of hydrogen-bond donors (Lipinski definition) is 1. The topological polar surface area (TPSA) is 60.5 Å². The van der Waals surface area contributed by atoms with E-state index >= 15 is 0 Å². The minimum absolute atomic E-state index is 0.0746. The van der Waals surface area contributed by atoms with Gasteiger partial charge in [0.15, 0.2) is 5.13 Å². The minimum atomic E-state index is -0.511. The first kappa shape index (κ1) is 20.0. The Morgan fingerprint density at radius 2 is 2.19 bits per heavy atom. The molecule has 0 spiro atoms. The molecule has 6 heteroatoms. The normalized spacial score (nSPS) is 18.0. The Labute approximate surface area is 165 Å². The number of anilines is 1. The molecule has 146 valence electrons. The van der Waals surface area contributed by atoms with Gasteiger partial charge >= 0.3 is 0 Å². The number of rotatable bonds is 7. The first-order chi connectivity index (χ1) is 12.9. The molecule has 1 aromatic heterocycles. The van der Waals surface area contributed by atoms with E-state index in [0.29, 0.717) is 11.7 Å². The number of ether oxygens (including phenoxy) is 2. The first-order valence-electron chi connectivity index (χ1n) is 9.51. The van der Waals surface area contributed by atoms with E-state index in [0.717, 1.165) is 30.7 Å². The maximum absolute atomic E-state index is 12.7. The molecule has 2 aromatic rings. The van der Waals surface area contributed by atoms with Gasteiger partial charge in [-0.15, -0.1) is 11.3 Å². The lowest BCUT2D eigenvalue weighted by molar-refractivity contribution is -0.132. The third-order valence-electron chi connectivity index (χ3n) is 4.89. The molecule has 5 nitrogen and oxygen atoms in total. The van der Waals surface area contributed by atoms with Crippen LogP contribution in [-0.4, -0.2) is 36.3 Å². The quantitative estimate of drug-likeness (QED) is 0.754. The second-order valence-corrected chi connectivity index (χ2v) is 8.32. The van der Waals surface area contributed by atoms with Gasteiger partial charge in [-0.05, 0) is 49.8 Å². The van der Waals surface area contributed by atoms with E-state index in [9.17, 15) is 4.79 Å². The van der Waals surface area contributed by atoms with Gasteiger partial charge in [-0.3, -0.25) is 10.1 Å². The van der Waals surface area contributed by atoms with Crippen molar-refractivity contribution in [3.05, 3.63) is 34.7 Å². The Morgan fingerprint density at radius 1 is 1.37 bits per heavy atom. The summed E-state index contributed by atoms with van der Waals surface area (Å²) in [4.78, 5) is 17.3. The van der Waals surface area contributed by atoms with E-state index < -0.39 is 6.10 Å². The molecule has 1 amide bonds. The van der Waals surface area contributed by atoms with E-state index in [1.165, 1.54) is 22.5 Å². The van der Waals surface area contributed by atoms with Gasteiger partial charge in [-0.2, -0.15) is 0 Å². The van der Waals surface area contributed by atoms with Gasteiger partial charge in [0, 0.05) is 17.6 Å². The first-order valence-corrected chi connectivity index (χ1v) is 10.4. The Morgan fingerprint density at radius 3 is 2.85 bits per heavy atom. The predicted molar refractivity (Wildman–Crippen MR) is 109 cm³/mol. The zero-order valence-corrected chi connectivity index (χ0v) is 17.3. The summed E-state index contributed by atoms with van der Waals surface area (Å²) in [6, 6.07) is 6.28. The van der Waals surface area contributed by atoms with Gasteiger partial charge < -0.3 is 9.47 Å². The number of thiazole rings is 1. The Balaban J connectivity index is 1.63. The second-order valence-electron chi connectivity index (χ2n) is 7.46. The fourth-order valence-corrected chi connectivity index (χ4v) is 3.82. The number of hydrogen-bond acceptors (Lipinski definition) is 5. The van der Waals surface area contributed by atoms with E-state index in [1.807, 2.05) is 19.2 Å². The van der Waals surface area contributed by atoms with Crippen LogP contribution in [0.5, 0.6) is 0 Å². The number of nitrogens with one attached hydrogen (secondary N) is 1. The summed E-state index contributed by atoms with van der Waals surface area (Å²) in [7, 11) is 0. The van der Waals surface area contributed by atoms with Crippen LogP contribution in [0, 0.1) is 19.8 Å². The van der Waals surface area contributed by atoms with Gasteiger partial charge in [0.25, 0.3) is 5.91 Å². The maximum Gasteiger partial charge on any atom is 0.255 e. The predicted octanol–water partition coefficient (Wildman–Crippen LogP) is 4.59. The molecule has 1 aliphatic rings. The highest BCUT2D eigenvalue weighted by Crippen LogP contribution is 2.27. The molecule has 2 heterocycles. The molecule has 0 bridgehead atoms. The fraction of sp³-hybridized carbons (Fsp3) is 0.524. The Bertz CT molecular complexity index is 781. The van der Waals surface area contributed by atoms with Crippen LogP contribution < -0.4 is 5.32 Å². The van der Waals surface area contributed by atoms with Crippen molar-refractivity contribution >= 4 is 22.4 Å². The van der Waals surface area contributed by atoms with Gasteiger partial charge in [-0.1, -0.05) is 26.0 Å². The highest BCUT2D eigenvalue weighted by Gasteiger charge is 2.26. The third kappa shape index (κ3) is 5.15. The summed E-state index contributed by atoms with van der Waals surface area (Å²) in [6.45, 7) is 9.40. The number of aryl methyl sites for hydroxylation is 2.